The first kappa shape index (κ1) is 22.8. The van der Waals surface area contributed by atoms with Gasteiger partial charge in [0.05, 0.1) is 6.26 Å². The van der Waals surface area contributed by atoms with E-state index in [4.69, 9.17) is 4.42 Å². The maximum atomic E-state index is 12.7. The largest absolute Gasteiger partial charge is 0.459 e. The van der Waals surface area contributed by atoms with Crippen LogP contribution in [0.4, 0.5) is 5.69 Å². The molecule has 1 aromatic heterocycles. The number of anilines is 1. The van der Waals surface area contributed by atoms with Crippen LogP contribution in [0.2, 0.25) is 0 Å². The molecule has 0 saturated carbocycles. The number of nitrogens with one attached hydrogen (secondary N) is 3. The van der Waals surface area contributed by atoms with Crippen LogP contribution in [0.5, 0.6) is 0 Å². The average Bonchev–Trinajstić information content (AvgIpc) is 3.31. The smallest absolute Gasteiger partial charge is 0.291 e. The van der Waals surface area contributed by atoms with Crippen molar-refractivity contribution in [2.45, 2.75) is 33.4 Å². The van der Waals surface area contributed by atoms with Crippen molar-refractivity contribution < 1.29 is 18.8 Å². The molecule has 3 aromatic rings. The third-order valence-corrected chi connectivity index (χ3v) is 4.94. The number of hydrogen-bond donors (Lipinski definition) is 3. The van der Waals surface area contributed by atoms with Crippen molar-refractivity contribution in [1.82, 2.24) is 10.6 Å². The van der Waals surface area contributed by atoms with Gasteiger partial charge in [0.1, 0.15) is 6.04 Å². The van der Waals surface area contributed by atoms with Crippen molar-refractivity contribution in [1.29, 1.82) is 0 Å². The summed E-state index contributed by atoms with van der Waals surface area (Å²) < 4.78 is 5.07. The van der Waals surface area contributed by atoms with E-state index < -0.39 is 6.04 Å². The monoisotopic (exact) mass is 433 g/mol. The first-order valence-corrected chi connectivity index (χ1v) is 10.4. The minimum Gasteiger partial charge on any atom is -0.459 e. The summed E-state index contributed by atoms with van der Waals surface area (Å²) >= 11 is 0. The third-order valence-electron chi connectivity index (χ3n) is 4.94. The van der Waals surface area contributed by atoms with Crippen LogP contribution in [-0.4, -0.2) is 23.8 Å². The summed E-state index contributed by atoms with van der Waals surface area (Å²) in [7, 11) is 0. The van der Waals surface area contributed by atoms with Crippen LogP contribution in [0, 0.1) is 12.8 Å². The van der Waals surface area contributed by atoms with E-state index in [2.05, 4.69) is 16.0 Å². The number of hydrogen-bond acceptors (Lipinski definition) is 4. The second-order valence-electron chi connectivity index (χ2n) is 7.91. The Balaban J connectivity index is 1.55. The average molecular weight is 434 g/mol. The molecule has 1 unspecified atom stereocenters. The predicted octanol–water partition coefficient (Wildman–Crippen LogP) is 3.91. The van der Waals surface area contributed by atoms with Gasteiger partial charge in [0, 0.05) is 17.8 Å². The molecule has 0 fully saturated rings. The van der Waals surface area contributed by atoms with Gasteiger partial charge in [-0.1, -0.05) is 43.7 Å². The van der Waals surface area contributed by atoms with Crippen LogP contribution in [0.3, 0.4) is 0 Å². The van der Waals surface area contributed by atoms with Gasteiger partial charge in [-0.15, -0.1) is 0 Å². The molecule has 3 rings (SSSR count). The zero-order chi connectivity index (χ0) is 23.1. The lowest BCUT2D eigenvalue weighted by molar-refractivity contribution is -0.124. The third kappa shape index (κ3) is 6.07. The minimum atomic E-state index is -0.658. The molecule has 1 atom stereocenters. The maximum absolute atomic E-state index is 12.7. The standard InChI is InChI=1S/C25H27N3O4/c1-16(2)22(28-23(29)19-7-4-6-17(3)14-19)25(31)26-15-18-9-11-20(12-10-18)27-24(30)21-8-5-13-32-21/h4-14,16,22H,15H2,1-3H3,(H,26,31)(H,27,30)(H,28,29). The highest BCUT2D eigenvalue weighted by Crippen LogP contribution is 2.12. The molecule has 3 N–H and O–H groups in total. The molecule has 166 valence electrons. The predicted molar refractivity (Wildman–Crippen MR) is 122 cm³/mol. The molecular weight excluding hydrogens is 406 g/mol. The Kier molecular flexibility index (Phi) is 7.44. The van der Waals surface area contributed by atoms with Gasteiger partial charge in [0.2, 0.25) is 5.91 Å². The topological polar surface area (TPSA) is 100 Å². The van der Waals surface area contributed by atoms with Gasteiger partial charge in [-0.3, -0.25) is 14.4 Å². The number of carbonyl (C=O) groups excluding carboxylic acids is 3. The van der Waals surface area contributed by atoms with Gasteiger partial charge < -0.3 is 20.4 Å². The van der Waals surface area contributed by atoms with Crippen molar-refractivity contribution in [2.24, 2.45) is 5.92 Å². The zero-order valence-corrected chi connectivity index (χ0v) is 18.3. The van der Waals surface area contributed by atoms with E-state index in [0.717, 1.165) is 11.1 Å². The van der Waals surface area contributed by atoms with Crippen LogP contribution < -0.4 is 16.0 Å². The molecule has 2 aromatic carbocycles. The molecule has 7 nitrogen and oxygen atoms in total. The Morgan fingerprint density at radius 2 is 1.69 bits per heavy atom. The molecular formula is C25H27N3O4. The Hall–Kier alpha value is -3.87. The van der Waals surface area contributed by atoms with Crippen molar-refractivity contribution in [2.75, 3.05) is 5.32 Å². The Morgan fingerprint density at radius 1 is 0.938 bits per heavy atom. The van der Waals surface area contributed by atoms with E-state index in [0.29, 0.717) is 17.8 Å². The molecule has 1 heterocycles. The molecule has 0 aliphatic rings. The summed E-state index contributed by atoms with van der Waals surface area (Å²) in [4.78, 5) is 37.3. The van der Waals surface area contributed by atoms with Crippen LogP contribution in [0.1, 0.15) is 45.9 Å². The van der Waals surface area contributed by atoms with E-state index in [-0.39, 0.29) is 29.4 Å². The SMILES string of the molecule is Cc1cccc(C(=O)NC(C(=O)NCc2ccc(NC(=O)c3ccco3)cc2)C(C)C)c1. The summed E-state index contributed by atoms with van der Waals surface area (Å²) in [5, 5.41) is 8.45. The molecule has 7 heteroatoms. The van der Waals surface area contributed by atoms with Gasteiger partial charge in [-0.25, -0.2) is 0 Å². The number of furan rings is 1. The fourth-order valence-electron chi connectivity index (χ4n) is 3.15. The maximum Gasteiger partial charge on any atom is 0.291 e. The zero-order valence-electron chi connectivity index (χ0n) is 18.3. The van der Waals surface area contributed by atoms with E-state index in [1.54, 1.807) is 36.4 Å². The van der Waals surface area contributed by atoms with E-state index in [9.17, 15) is 14.4 Å². The lowest BCUT2D eigenvalue weighted by Gasteiger charge is -2.22. The van der Waals surface area contributed by atoms with E-state index in [1.165, 1.54) is 6.26 Å². The van der Waals surface area contributed by atoms with Crippen LogP contribution in [0.25, 0.3) is 0 Å². The Morgan fingerprint density at radius 3 is 2.31 bits per heavy atom. The van der Waals surface area contributed by atoms with E-state index >= 15 is 0 Å². The number of benzene rings is 2. The summed E-state index contributed by atoms with van der Waals surface area (Å²) in [6.45, 7) is 5.99. The highest BCUT2D eigenvalue weighted by molar-refractivity contribution is 6.02. The molecule has 3 amide bonds. The second kappa shape index (κ2) is 10.4. The highest BCUT2D eigenvalue weighted by atomic mass is 16.3. The van der Waals surface area contributed by atoms with Crippen molar-refractivity contribution >= 4 is 23.4 Å². The van der Waals surface area contributed by atoms with Gasteiger partial charge in [-0.05, 0) is 54.8 Å². The molecule has 0 aliphatic carbocycles. The second-order valence-corrected chi connectivity index (χ2v) is 7.91. The van der Waals surface area contributed by atoms with Crippen molar-refractivity contribution in [3.63, 3.8) is 0 Å². The first-order valence-electron chi connectivity index (χ1n) is 10.4. The van der Waals surface area contributed by atoms with Crippen molar-refractivity contribution in [3.05, 3.63) is 89.4 Å². The minimum absolute atomic E-state index is 0.0806. The fraction of sp³-hybridized carbons (Fsp3) is 0.240. The summed E-state index contributed by atoms with van der Waals surface area (Å²) in [6, 6.07) is 16.9. The number of aryl methyl sites for hydroxylation is 1. The van der Waals surface area contributed by atoms with E-state index in [1.807, 2.05) is 45.0 Å². The van der Waals surface area contributed by atoms with Gasteiger partial charge in [-0.2, -0.15) is 0 Å². The Labute approximate surface area is 187 Å². The number of rotatable bonds is 8. The summed E-state index contributed by atoms with van der Waals surface area (Å²) in [5.41, 5.74) is 2.98. The highest BCUT2D eigenvalue weighted by Gasteiger charge is 2.24. The molecule has 0 bridgehead atoms. The fourth-order valence-corrected chi connectivity index (χ4v) is 3.15. The normalized spacial score (nSPS) is 11.6. The Bertz CT molecular complexity index is 1070. The van der Waals surface area contributed by atoms with Crippen molar-refractivity contribution in [3.8, 4) is 0 Å². The number of amides is 3. The first-order chi connectivity index (χ1) is 15.3. The molecule has 0 saturated heterocycles. The molecule has 0 spiro atoms. The van der Waals surface area contributed by atoms with Crippen LogP contribution in [0.15, 0.2) is 71.3 Å². The van der Waals surface area contributed by atoms with Gasteiger partial charge >= 0.3 is 0 Å². The van der Waals surface area contributed by atoms with Gasteiger partial charge in [0.15, 0.2) is 5.76 Å². The van der Waals surface area contributed by atoms with Crippen LogP contribution in [-0.2, 0) is 11.3 Å². The lowest BCUT2D eigenvalue weighted by atomic mass is 10.0. The summed E-state index contributed by atoms with van der Waals surface area (Å²) in [5.74, 6) is -0.715. The quantitative estimate of drug-likeness (QED) is 0.501. The lowest BCUT2D eigenvalue weighted by Crippen LogP contribution is -2.49. The molecule has 0 radical (unpaired) electrons. The van der Waals surface area contributed by atoms with Crippen LogP contribution >= 0.6 is 0 Å². The number of carbonyl (C=O) groups is 3. The van der Waals surface area contributed by atoms with Gasteiger partial charge in [0.25, 0.3) is 11.8 Å². The summed E-state index contributed by atoms with van der Waals surface area (Å²) in [6.07, 6.45) is 1.44. The molecule has 32 heavy (non-hydrogen) atoms. The molecule has 0 aliphatic heterocycles.